The van der Waals surface area contributed by atoms with Gasteiger partial charge in [-0.05, 0) is 217 Å². The topological polar surface area (TPSA) is 186 Å². The van der Waals surface area contributed by atoms with Crippen LogP contribution >= 0.6 is 0 Å². The molecule has 2 atom stereocenters. The first-order chi connectivity index (χ1) is 43.7. The molecule has 0 radical (unpaired) electrons. The van der Waals surface area contributed by atoms with Crippen molar-refractivity contribution in [1.82, 2.24) is 0 Å². The highest BCUT2D eigenvalue weighted by Gasteiger charge is 2.78. The Kier molecular flexibility index (Phi) is 30.4. The standard InChI is InChI=1S/C18H22F12O4.C18H26O2.C13H24O2.C12H16O3.C11H16O/c1-4-12(2,3)11(31)34-10-6-8(13(32,15(19,20)21)16(22,23)24)5-9(7-10)14(33,17(25,26)27)18(28,29)30;1-4-17(2,3)16(19)20-18(13-9-6-10-14-18)15-11-7-5-8-12-15;1-5-12(3,4)11(14)15-13(6-2)9-7-8-10-13;1-4-12(2,3)11(14)15-10-7-5-9(13)6-8-10;1-4-11(2,3)9-5-7-10(12)8-6-9/h8-10,32-33H,4-7H2,1-3H3;5,7-8,11-12H,4,6,9-10,13-14H2,1-3H3;5-10H2,1-4H3;5-8,13H,4H2,1-3H3;5-8,12H,4H2,1-3H3. The highest BCUT2D eigenvalue weighted by atomic mass is 19.4. The molecule has 3 fully saturated rings. The lowest BCUT2D eigenvalue weighted by Gasteiger charge is -2.48. The second-order valence-corrected chi connectivity index (χ2v) is 28.7. The number of aliphatic hydroxyl groups is 2. The van der Waals surface area contributed by atoms with Gasteiger partial charge in [-0.2, -0.15) is 52.7 Å². The number of carbonyl (C=O) groups is 4. The van der Waals surface area contributed by atoms with E-state index in [1.54, 1.807) is 24.3 Å². The van der Waals surface area contributed by atoms with Gasteiger partial charge in [0.25, 0.3) is 11.2 Å². The molecule has 0 bridgehead atoms. The molecular weight excluding hydrogens is 1280 g/mol. The lowest BCUT2D eigenvalue weighted by Crippen LogP contribution is -2.67. The van der Waals surface area contributed by atoms with Gasteiger partial charge in [0.05, 0.1) is 21.7 Å². The minimum Gasteiger partial charge on any atom is -0.508 e. The minimum absolute atomic E-state index is 0.0184. The number of phenols is 2. The van der Waals surface area contributed by atoms with Crippen LogP contribution in [0.2, 0.25) is 0 Å². The Balaban J connectivity index is 0.000000433. The van der Waals surface area contributed by atoms with Gasteiger partial charge >= 0.3 is 48.6 Å². The third-order valence-corrected chi connectivity index (χ3v) is 19.9. The molecule has 6 rings (SSSR count). The first kappa shape index (κ1) is 86.3. The van der Waals surface area contributed by atoms with E-state index >= 15 is 0 Å². The third kappa shape index (κ3) is 22.4. The monoisotopic (exact) mass is 1390 g/mol. The second-order valence-electron chi connectivity index (χ2n) is 28.7. The van der Waals surface area contributed by atoms with Crippen LogP contribution in [0.3, 0.4) is 0 Å². The van der Waals surface area contributed by atoms with Gasteiger partial charge in [-0.15, -0.1) is 0 Å². The average molecular weight is 1390 g/mol. The zero-order valence-electron chi connectivity index (χ0n) is 58.6. The number of esters is 4. The number of ether oxygens (including phenoxy) is 4. The summed E-state index contributed by atoms with van der Waals surface area (Å²) < 4.78 is 182. The van der Waals surface area contributed by atoms with Crippen molar-refractivity contribution in [2.45, 2.75) is 285 Å². The SMILES string of the molecule is CCC(C)(C)C(=O)OC1(c2ccccc2)CCCCC1.CCC(C)(C)C(=O)OC1CC(C(O)(C(F)(F)F)C(F)(F)F)CC(C(O)(C(F)(F)F)C(F)(F)F)C1.CCC(C)(C)C(=O)Oc1ccc(O)cc1.CCC(C)(C)c1ccc(O)cc1.CCC1(OC(=O)C(C)(C)CC)CCCC1. The van der Waals surface area contributed by atoms with Gasteiger partial charge in [0.1, 0.15) is 34.6 Å². The van der Waals surface area contributed by atoms with Crippen LogP contribution < -0.4 is 4.74 Å². The number of hydrogen-bond acceptors (Lipinski definition) is 12. The van der Waals surface area contributed by atoms with E-state index in [9.17, 15) is 82.1 Å². The normalized spacial score (nSPS) is 18.8. The van der Waals surface area contributed by atoms with Gasteiger partial charge in [-0.25, -0.2) is 0 Å². The summed E-state index contributed by atoms with van der Waals surface area (Å²) in [5.74, 6) is -7.44. The van der Waals surface area contributed by atoms with Crippen molar-refractivity contribution in [1.29, 1.82) is 0 Å². The fourth-order valence-corrected chi connectivity index (χ4v) is 10.6. The highest BCUT2D eigenvalue weighted by molar-refractivity contribution is 5.78. The van der Waals surface area contributed by atoms with Gasteiger partial charge < -0.3 is 39.4 Å². The van der Waals surface area contributed by atoms with E-state index in [4.69, 9.17) is 29.2 Å². The van der Waals surface area contributed by atoms with E-state index < -0.39 is 101 Å². The van der Waals surface area contributed by atoms with Gasteiger partial charge in [0.2, 0.25) is 0 Å². The van der Waals surface area contributed by atoms with Gasteiger partial charge in [0.15, 0.2) is 0 Å². The molecule has 0 aliphatic heterocycles. The van der Waals surface area contributed by atoms with Crippen molar-refractivity contribution in [2.24, 2.45) is 33.5 Å². The molecule has 3 aliphatic rings. The smallest absolute Gasteiger partial charge is 0.426 e. The van der Waals surface area contributed by atoms with Crippen molar-refractivity contribution in [3.05, 3.63) is 90.0 Å². The number of aromatic hydroxyl groups is 2. The Bertz CT molecular complexity index is 2810. The number of hydrogen-bond donors (Lipinski definition) is 4. The van der Waals surface area contributed by atoms with Crippen LogP contribution in [0.1, 0.15) is 237 Å². The Labute approximate surface area is 559 Å². The molecule has 0 aromatic heterocycles. The number of rotatable bonds is 18. The van der Waals surface area contributed by atoms with E-state index in [2.05, 4.69) is 39.8 Å². The Morgan fingerprint density at radius 2 is 0.792 bits per heavy atom. The third-order valence-electron chi connectivity index (χ3n) is 19.9. The van der Waals surface area contributed by atoms with E-state index in [1.165, 1.54) is 57.7 Å². The van der Waals surface area contributed by atoms with Crippen LogP contribution in [0.25, 0.3) is 0 Å². The molecular formula is C72H104F12O12. The average Bonchev–Trinajstić information content (AvgIpc) is 0.800. The molecule has 3 aromatic carbocycles. The quantitative estimate of drug-likeness (QED) is 0.0409. The predicted octanol–water partition coefficient (Wildman–Crippen LogP) is 19.8. The van der Waals surface area contributed by atoms with Crippen molar-refractivity contribution in [3.8, 4) is 17.2 Å². The molecule has 24 heteroatoms. The van der Waals surface area contributed by atoms with Gasteiger partial charge in [-0.1, -0.05) is 104 Å². The summed E-state index contributed by atoms with van der Waals surface area (Å²) in [6.45, 7) is 30.1. The molecule has 3 aromatic rings. The molecule has 3 aliphatic carbocycles. The number of benzene rings is 3. The summed E-state index contributed by atoms with van der Waals surface area (Å²) in [4.78, 5) is 48.4. The largest absolute Gasteiger partial charge is 0.508 e. The number of phenolic OH excluding ortho intramolecular Hbond substituents is 2. The second kappa shape index (κ2) is 33.9. The first-order valence-corrected chi connectivity index (χ1v) is 33.0. The molecule has 548 valence electrons. The van der Waals surface area contributed by atoms with Crippen LogP contribution in [0.5, 0.6) is 17.2 Å². The molecule has 4 N–H and O–H groups in total. The van der Waals surface area contributed by atoms with Crippen molar-refractivity contribution in [3.63, 3.8) is 0 Å². The first-order valence-electron chi connectivity index (χ1n) is 33.0. The van der Waals surface area contributed by atoms with Crippen molar-refractivity contribution in [2.75, 3.05) is 0 Å². The molecule has 12 nitrogen and oxygen atoms in total. The molecule has 0 saturated heterocycles. The Morgan fingerprint density at radius 3 is 1.16 bits per heavy atom. The van der Waals surface area contributed by atoms with Gasteiger partial charge in [-0.3, -0.25) is 19.2 Å². The predicted molar refractivity (Wildman–Crippen MR) is 341 cm³/mol. The van der Waals surface area contributed by atoms with E-state index in [-0.39, 0.29) is 46.5 Å². The lowest BCUT2D eigenvalue weighted by atomic mass is 9.65. The molecule has 96 heavy (non-hydrogen) atoms. The van der Waals surface area contributed by atoms with Crippen LogP contribution in [0.4, 0.5) is 52.7 Å². The fourth-order valence-electron chi connectivity index (χ4n) is 10.6. The van der Waals surface area contributed by atoms with E-state index in [0.29, 0.717) is 11.5 Å². The summed E-state index contributed by atoms with van der Waals surface area (Å²) in [6.07, 6.45) is -19.7. The number of carbonyl (C=O) groups excluding carboxylic acids is 4. The maximum Gasteiger partial charge on any atom is 0.426 e. The van der Waals surface area contributed by atoms with E-state index in [1.807, 2.05) is 92.6 Å². The molecule has 2 unspecified atom stereocenters. The molecule has 3 saturated carbocycles. The summed E-state index contributed by atoms with van der Waals surface area (Å²) in [7, 11) is 0. The van der Waals surface area contributed by atoms with Gasteiger partial charge in [0, 0.05) is 11.8 Å². The minimum atomic E-state index is -6.58. The van der Waals surface area contributed by atoms with Crippen LogP contribution in [0.15, 0.2) is 78.9 Å². The highest BCUT2D eigenvalue weighted by Crippen LogP contribution is 2.58. The Morgan fingerprint density at radius 1 is 0.438 bits per heavy atom. The summed E-state index contributed by atoms with van der Waals surface area (Å²) in [6, 6.07) is 23.8. The van der Waals surface area contributed by atoms with E-state index in [0.717, 1.165) is 76.2 Å². The maximum absolute atomic E-state index is 13.3. The summed E-state index contributed by atoms with van der Waals surface area (Å²) >= 11 is 0. The van der Waals surface area contributed by atoms with Crippen molar-refractivity contribution >= 4 is 23.9 Å². The molecule has 0 amide bonds. The summed E-state index contributed by atoms with van der Waals surface area (Å²) in [5, 5.41) is 37.4. The fraction of sp³-hybridized carbons (Fsp3) is 0.694. The Hall–Kier alpha value is -5.78. The zero-order valence-corrected chi connectivity index (χ0v) is 58.6. The van der Waals surface area contributed by atoms with Crippen LogP contribution in [0, 0.1) is 33.5 Å². The maximum atomic E-state index is 13.3. The molecule has 0 heterocycles. The number of halogens is 12. The molecule has 0 spiro atoms. The number of alkyl halides is 12. The van der Waals surface area contributed by atoms with Crippen LogP contribution in [-0.2, 0) is 44.4 Å². The lowest BCUT2D eigenvalue weighted by molar-refractivity contribution is -0.405. The zero-order chi connectivity index (χ0) is 74.2. The van der Waals surface area contributed by atoms with Crippen molar-refractivity contribution < 1.29 is 111 Å². The summed E-state index contributed by atoms with van der Waals surface area (Å²) in [5.41, 5.74) is -12.0. The van der Waals surface area contributed by atoms with Crippen LogP contribution in [-0.4, -0.2) is 91.9 Å².